The van der Waals surface area contributed by atoms with Gasteiger partial charge in [0.05, 0.1) is 5.60 Å². The minimum absolute atomic E-state index is 0.105. The lowest BCUT2D eigenvalue weighted by Gasteiger charge is -2.50. The van der Waals surface area contributed by atoms with Crippen LogP contribution in [-0.4, -0.2) is 52.3 Å². The summed E-state index contributed by atoms with van der Waals surface area (Å²) in [7, 11) is -7.04. The lowest BCUT2D eigenvalue weighted by atomic mass is 9.64. The Morgan fingerprint density at radius 1 is 1.11 bits per heavy atom. The van der Waals surface area contributed by atoms with Crippen LogP contribution >= 0.6 is 0 Å². The van der Waals surface area contributed by atoms with Gasteiger partial charge in [-0.2, -0.15) is 34.8 Å². The molecule has 0 aliphatic heterocycles. The number of hydrogen-bond acceptors (Lipinski definition) is 5. The molecule has 0 amide bonds. The van der Waals surface area contributed by atoms with Gasteiger partial charge in [-0.1, -0.05) is 6.42 Å². The van der Waals surface area contributed by atoms with Crippen LogP contribution in [-0.2, 0) is 19.6 Å². The molecule has 2 bridgehead atoms. The molecule has 0 heterocycles. The van der Waals surface area contributed by atoms with Crippen molar-refractivity contribution in [2.45, 2.75) is 73.8 Å². The van der Waals surface area contributed by atoms with E-state index < -0.39 is 50.8 Å². The molecule has 2 aliphatic carbocycles. The average Bonchev–Trinajstić information content (AvgIpc) is 2.29. The third-order valence-corrected chi connectivity index (χ3v) is 6.52. The van der Waals surface area contributed by atoms with Gasteiger partial charge in [-0.3, -0.25) is 4.55 Å². The predicted octanol–water partition coefficient (Wildman–Crippen LogP) is 2.75. The standard InChI is InChI=1S/C14H18F6O6S/c1-10(22)5-8-3-2-4-11(6-8,7-10)26-9(21)12(13(15,16)17,14(18,19)20)27(23,24)25/h8,22H,2-7H2,1H3,(H,23,24,25). The number of carbonyl (C=O) groups is 1. The van der Waals surface area contributed by atoms with E-state index in [0.717, 1.165) is 0 Å². The molecule has 2 rings (SSSR count). The van der Waals surface area contributed by atoms with Gasteiger partial charge in [0.1, 0.15) is 5.60 Å². The summed E-state index contributed by atoms with van der Waals surface area (Å²) in [5, 5.41) is 10.2. The van der Waals surface area contributed by atoms with E-state index in [1.807, 2.05) is 0 Å². The number of esters is 1. The fourth-order valence-electron chi connectivity index (χ4n) is 4.35. The highest BCUT2D eigenvalue weighted by Gasteiger charge is 2.85. The van der Waals surface area contributed by atoms with Gasteiger partial charge >= 0.3 is 33.2 Å². The number of halogens is 6. The number of alkyl halides is 6. The summed E-state index contributed by atoms with van der Waals surface area (Å²) >= 11 is 0. The van der Waals surface area contributed by atoms with E-state index in [9.17, 15) is 44.7 Å². The molecule has 2 fully saturated rings. The Labute approximate surface area is 150 Å². The fraction of sp³-hybridized carbons (Fsp3) is 0.929. The summed E-state index contributed by atoms with van der Waals surface area (Å²) < 4.78 is 109. The summed E-state index contributed by atoms with van der Waals surface area (Å²) in [5.74, 6) is -3.48. The molecule has 13 heteroatoms. The van der Waals surface area contributed by atoms with Gasteiger partial charge in [0.2, 0.25) is 0 Å². The van der Waals surface area contributed by atoms with Crippen molar-refractivity contribution < 1.29 is 54.0 Å². The minimum Gasteiger partial charge on any atom is -0.457 e. The zero-order valence-electron chi connectivity index (χ0n) is 14.0. The van der Waals surface area contributed by atoms with Crippen LogP contribution in [0.1, 0.15) is 45.4 Å². The SMILES string of the molecule is CC1(O)CC2CCCC(OC(=O)C(C(F)(F)F)(C(F)(F)F)S(=O)(=O)O)(C2)C1. The summed E-state index contributed by atoms with van der Waals surface area (Å²) in [5.41, 5.74) is -3.39. The maximum absolute atomic E-state index is 13.2. The third kappa shape index (κ3) is 3.65. The molecule has 158 valence electrons. The molecule has 0 radical (unpaired) electrons. The molecule has 2 aliphatic rings. The van der Waals surface area contributed by atoms with E-state index in [1.165, 1.54) is 6.92 Å². The third-order valence-electron chi connectivity index (χ3n) is 5.12. The highest BCUT2D eigenvalue weighted by atomic mass is 32.2. The van der Waals surface area contributed by atoms with Gasteiger partial charge in [-0.15, -0.1) is 0 Å². The molecule has 27 heavy (non-hydrogen) atoms. The van der Waals surface area contributed by atoms with E-state index in [0.29, 0.717) is 12.8 Å². The first kappa shape index (κ1) is 22.2. The quantitative estimate of drug-likeness (QED) is 0.407. The normalized spacial score (nSPS) is 32.9. The van der Waals surface area contributed by atoms with Crippen LogP contribution in [0.3, 0.4) is 0 Å². The molecular weight excluding hydrogens is 410 g/mol. The lowest BCUT2D eigenvalue weighted by molar-refractivity contribution is -0.275. The van der Waals surface area contributed by atoms with Crippen molar-refractivity contribution in [2.24, 2.45) is 5.92 Å². The molecule has 0 spiro atoms. The topological polar surface area (TPSA) is 101 Å². The number of hydrogen-bond donors (Lipinski definition) is 2. The number of rotatable bonds is 3. The van der Waals surface area contributed by atoms with Crippen LogP contribution in [0, 0.1) is 5.92 Å². The van der Waals surface area contributed by atoms with Crippen LogP contribution in [0.25, 0.3) is 0 Å². The molecule has 3 unspecified atom stereocenters. The Morgan fingerprint density at radius 3 is 2.07 bits per heavy atom. The Kier molecular flexibility index (Phi) is 5.11. The highest BCUT2D eigenvalue weighted by molar-refractivity contribution is 7.88. The Bertz CT molecular complexity index is 699. The summed E-state index contributed by atoms with van der Waals surface area (Å²) in [6.45, 7) is 1.30. The van der Waals surface area contributed by atoms with Crippen LogP contribution in [0.5, 0.6) is 0 Å². The zero-order valence-corrected chi connectivity index (χ0v) is 14.8. The lowest BCUT2D eigenvalue weighted by Crippen LogP contribution is -2.69. The van der Waals surface area contributed by atoms with Crippen molar-refractivity contribution in [1.82, 2.24) is 0 Å². The second-order valence-corrected chi connectivity index (χ2v) is 9.13. The minimum atomic E-state index is -7.04. The molecule has 0 saturated heterocycles. The molecule has 3 atom stereocenters. The molecular formula is C14H18F6O6S. The van der Waals surface area contributed by atoms with E-state index in [4.69, 9.17) is 4.55 Å². The van der Waals surface area contributed by atoms with Gasteiger partial charge < -0.3 is 9.84 Å². The van der Waals surface area contributed by atoms with Crippen molar-refractivity contribution in [3.8, 4) is 0 Å². The van der Waals surface area contributed by atoms with E-state index in [1.54, 1.807) is 0 Å². The highest BCUT2D eigenvalue weighted by Crippen LogP contribution is 2.53. The van der Waals surface area contributed by atoms with Gasteiger partial charge in [-0.25, -0.2) is 4.79 Å². The Morgan fingerprint density at radius 2 is 1.63 bits per heavy atom. The molecule has 0 aromatic carbocycles. The number of fused-ring (bicyclic) bond motifs is 2. The van der Waals surface area contributed by atoms with Crippen LogP contribution in [0.2, 0.25) is 0 Å². The van der Waals surface area contributed by atoms with E-state index in [2.05, 4.69) is 4.74 Å². The largest absolute Gasteiger partial charge is 0.457 e. The fourth-order valence-corrected chi connectivity index (χ4v) is 5.19. The van der Waals surface area contributed by atoms with E-state index >= 15 is 0 Å². The predicted molar refractivity (Wildman–Crippen MR) is 77.0 cm³/mol. The summed E-state index contributed by atoms with van der Waals surface area (Å²) in [4.78, 5) is 12.1. The van der Waals surface area contributed by atoms with Crippen molar-refractivity contribution in [3.05, 3.63) is 0 Å². The second kappa shape index (κ2) is 6.21. The monoisotopic (exact) mass is 428 g/mol. The summed E-state index contributed by atoms with van der Waals surface area (Å²) in [6.07, 6.45) is -13.1. The maximum Gasteiger partial charge on any atom is 0.430 e. The number of aliphatic hydroxyl groups is 1. The smallest absolute Gasteiger partial charge is 0.430 e. The Hall–Kier alpha value is -1.08. The first-order valence-electron chi connectivity index (χ1n) is 7.93. The first-order chi connectivity index (χ1) is 11.9. The first-order valence-corrected chi connectivity index (χ1v) is 9.37. The van der Waals surface area contributed by atoms with Gasteiger partial charge in [0.25, 0.3) is 0 Å². The Balaban J connectivity index is 2.54. The van der Waals surface area contributed by atoms with E-state index in [-0.39, 0.29) is 25.2 Å². The molecule has 6 nitrogen and oxygen atoms in total. The maximum atomic E-state index is 13.2. The van der Waals surface area contributed by atoms with Crippen molar-refractivity contribution in [1.29, 1.82) is 0 Å². The zero-order chi connectivity index (χ0) is 21.1. The van der Waals surface area contributed by atoms with Gasteiger partial charge in [0.15, 0.2) is 0 Å². The molecule has 2 saturated carbocycles. The number of carbonyl (C=O) groups excluding carboxylic acids is 1. The van der Waals surface area contributed by atoms with Gasteiger partial charge in [0, 0.05) is 6.42 Å². The van der Waals surface area contributed by atoms with Crippen LogP contribution < -0.4 is 0 Å². The molecule has 2 N–H and O–H groups in total. The van der Waals surface area contributed by atoms with Crippen molar-refractivity contribution >= 4 is 16.1 Å². The van der Waals surface area contributed by atoms with Crippen LogP contribution in [0.4, 0.5) is 26.3 Å². The summed E-state index contributed by atoms with van der Waals surface area (Å²) in [6, 6.07) is 0. The molecule has 0 aromatic rings. The average molecular weight is 428 g/mol. The van der Waals surface area contributed by atoms with Gasteiger partial charge in [-0.05, 0) is 38.5 Å². The molecule has 0 aromatic heterocycles. The van der Waals surface area contributed by atoms with Crippen molar-refractivity contribution in [2.75, 3.05) is 0 Å². The number of ether oxygens (including phenoxy) is 1. The second-order valence-electron chi connectivity index (χ2n) is 7.56. The van der Waals surface area contributed by atoms with Crippen LogP contribution in [0.15, 0.2) is 0 Å². The van der Waals surface area contributed by atoms with Crippen molar-refractivity contribution in [3.63, 3.8) is 0 Å².